The number of nitrogens with zero attached hydrogens (tertiary/aromatic N) is 1. The lowest BCUT2D eigenvalue weighted by atomic mass is 9.96. The van der Waals surface area contributed by atoms with Crippen LogP contribution in [0.4, 0.5) is 0 Å². The van der Waals surface area contributed by atoms with Gasteiger partial charge in [0.25, 0.3) is 0 Å². The first-order chi connectivity index (χ1) is 11.1. The number of aryl methyl sites for hydroxylation is 2. The lowest BCUT2D eigenvalue weighted by Crippen LogP contribution is -2.36. The molecule has 0 saturated carbocycles. The maximum absolute atomic E-state index is 12.0. The third-order valence-corrected chi connectivity index (χ3v) is 4.70. The van der Waals surface area contributed by atoms with Crippen LogP contribution in [-0.4, -0.2) is 28.2 Å². The van der Waals surface area contributed by atoms with Crippen molar-refractivity contribution in [2.45, 2.75) is 45.6 Å². The van der Waals surface area contributed by atoms with E-state index in [0.29, 0.717) is 19.4 Å². The summed E-state index contributed by atoms with van der Waals surface area (Å²) in [6.45, 7) is 4.49. The van der Waals surface area contributed by atoms with Gasteiger partial charge >= 0.3 is 0 Å². The van der Waals surface area contributed by atoms with Gasteiger partial charge in [-0.25, -0.2) is 0 Å². The number of hydrogen-bond acceptors (Lipinski definition) is 2. The first-order valence-corrected chi connectivity index (χ1v) is 8.54. The highest BCUT2D eigenvalue weighted by atomic mass is 16.3. The normalized spacial score (nSPS) is 12.7. The van der Waals surface area contributed by atoms with Crippen LogP contribution in [0.5, 0.6) is 0 Å². The van der Waals surface area contributed by atoms with Crippen molar-refractivity contribution in [1.82, 2.24) is 9.88 Å². The van der Waals surface area contributed by atoms with Crippen LogP contribution in [0.15, 0.2) is 30.5 Å². The average molecular weight is 316 g/mol. The highest BCUT2D eigenvalue weighted by molar-refractivity contribution is 5.84. The second kappa shape index (κ2) is 8.16. The van der Waals surface area contributed by atoms with Crippen molar-refractivity contribution in [1.29, 1.82) is 0 Å². The summed E-state index contributed by atoms with van der Waals surface area (Å²) in [6.07, 6.45) is 4.67. The van der Waals surface area contributed by atoms with Crippen molar-refractivity contribution in [2.24, 2.45) is 13.0 Å². The first-order valence-electron chi connectivity index (χ1n) is 8.54. The van der Waals surface area contributed by atoms with Gasteiger partial charge in [-0.2, -0.15) is 0 Å². The van der Waals surface area contributed by atoms with E-state index in [9.17, 15) is 9.90 Å². The van der Waals surface area contributed by atoms with Crippen molar-refractivity contribution in [2.75, 3.05) is 6.54 Å². The smallest absolute Gasteiger partial charge is 0.220 e. The molecule has 0 aliphatic heterocycles. The molecule has 1 atom stereocenters. The van der Waals surface area contributed by atoms with Gasteiger partial charge in [0, 0.05) is 37.1 Å². The average Bonchev–Trinajstić information content (AvgIpc) is 2.89. The fourth-order valence-electron chi connectivity index (χ4n) is 3.18. The second-order valence-electron chi connectivity index (χ2n) is 6.23. The summed E-state index contributed by atoms with van der Waals surface area (Å²) in [7, 11) is 2.03. The van der Waals surface area contributed by atoms with Crippen LogP contribution in [-0.2, 0) is 18.3 Å². The maximum Gasteiger partial charge on any atom is 0.220 e. The van der Waals surface area contributed by atoms with E-state index in [4.69, 9.17) is 0 Å². The molecule has 2 aromatic rings. The molecule has 23 heavy (non-hydrogen) atoms. The number of para-hydroxylation sites is 1. The van der Waals surface area contributed by atoms with Crippen LogP contribution >= 0.6 is 0 Å². The summed E-state index contributed by atoms with van der Waals surface area (Å²) in [4.78, 5) is 12.0. The Kier molecular flexibility index (Phi) is 6.22. The number of fused-ring (bicyclic) bond motifs is 1. The number of amides is 1. The molecule has 1 unspecified atom stereocenters. The fraction of sp³-hybridized carbons (Fsp3) is 0.526. The molecule has 0 fully saturated rings. The number of rotatable bonds is 8. The van der Waals surface area contributed by atoms with Crippen LogP contribution in [0.25, 0.3) is 10.9 Å². The van der Waals surface area contributed by atoms with Crippen LogP contribution in [0.1, 0.15) is 38.7 Å². The Morgan fingerprint density at radius 2 is 1.96 bits per heavy atom. The summed E-state index contributed by atoms with van der Waals surface area (Å²) >= 11 is 0. The minimum absolute atomic E-state index is 0.00272. The highest BCUT2D eigenvalue weighted by Crippen LogP contribution is 2.21. The molecule has 126 valence electrons. The standard InChI is InChI=1S/C19H28N2O2/c1-4-14(5-2)18(22)12-20-19(23)11-10-15-13-21(3)17-9-7-6-8-16(15)17/h6-9,13-14,18,22H,4-5,10-12H2,1-3H3,(H,20,23). The minimum Gasteiger partial charge on any atom is -0.391 e. The third-order valence-electron chi connectivity index (χ3n) is 4.70. The number of aliphatic hydroxyl groups excluding tert-OH is 1. The van der Waals surface area contributed by atoms with Crippen molar-refractivity contribution in [3.63, 3.8) is 0 Å². The molecule has 4 heteroatoms. The number of benzene rings is 1. The molecule has 0 spiro atoms. The van der Waals surface area contributed by atoms with Crippen LogP contribution < -0.4 is 5.32 Å². The number of aromatic nitrogens is 1. The predicted molar refractivity (Wildman–Crippen MR) is 94.3 cm³/mol. The van der Waals surface area contributed by atoms with Crippen LogP contribution in [0.2, 0.25) is 0 Å². The van der Waals surface area contributed by atoms with Gasteiger partial charge < -0.3 is 15.0 Å². The van der Waals surface area contributed by atoms with Crippen molar-refractivity contribution >= 4 is 16.8 Å². The maximum atomic E-state index is 12.0. The lowest BCUT2D eigenvalue weighted by Gasteiger charge is -2.20. The van der Waals surface area contributed by atoms with Crippen LogP contribution in [0, 0.1) is 5.92 Å². The number of nitrogens with one attached hydrogen (secondary N) is 1. The quantitative estimate of drug-likeness (QED) is 0.786. The summed E-state index contributed by atoms with van der Waals surface area (Å²) in [5.74, 6) is 0.260. The Bertz CT molecular complexity index is 644. The molecular formula is C19H28N2O2. The molecule has 1 aromatic carbocycles. The molecule has 0 radical (unpaired) electrons. The molecule has 0 bridgehead atoms. The minimum atomic E-state index is -0.452. The Balaban J connectivity index is 1.87. The summed E-state index contributed by atoms with van der Waals surface area (Å²) in [6, 6.07) is 8.24. The van der Waals surface area contributed by atoms with Crippen molar-refractivity contribution < 1.29 is 9.90 Å². The predicted octanol–water partition coefficient (Wildman–Crippen LogP) is 3.02. The number of carbonyl (C=O) groups is 1. The van der Waals surface area contributed by atoms with Gasteiger partial charge in [0.05, 0.1) is 6.10 Å². The number of carbonyl (C=O) groups excluding carboxylic acids is 1. The third kappa shape index (κ3) is 4.35. The van der Waals surface area contributed by atoms with E-state index in [1.165, 1.54) is 16.5 Å². The van der Waals surface area contributed by atoms with Gasteiger partial charge in [-0.05, 0) is 24.0 Å². The van der Waals surface area contributed by atoms with Crippen LogP contribution in [0.3, 0.4) is 0 Å². The molecule has 1 heterocycles. The van der Waals surface area contributed by atoms with E-state index in [0.717, 1.165) is 12.8 Å². The molecule has 1 amide bonds. The molecule has 2 N–H and O–H groups in total. The number of hydrogen-bond donors (Lipinski definition) is 2. The van der Waals surface area contributed by atoms with Crippen molar-refractivity contribution in [3.8, 4) is 0 Å². The van der Waals surface area contributed by atoms with E-state index >= 15 is 0 Å². The van der Waals surface area contributed by atoms with E-state index in [-0.39, 0.29) is 11.8 Å². The monoisotopic (exact) mass is 316 g/mol. The highest BCUT2D eigenvalue weighted by Gasteiger charge is 2.16. The second-order valence-corrected chi connectivity index (χ2v) is 6.23. The van der Waals surface area contributed by atoms with Gasteiger partial charge in [0.1, 0.15) is 0 Å². The molecule has 0 saturated heterocycles. The Labute approximate surface area is 138 Å². The van der Waals surface area contributed by atoms with Gasteiger partial charge in [-0.1, -0.05) is 44.9 Å². The molecule has 0 aliphatic rings. The van der Waals surface area contributed by atoms with E-state index in [1.807, 2.05) is 19.2 Å². The van der Waals surface area contributed by atoms with E-state index in [1.54, 1.807) is 0 Å². The molecule has 4 nitrogen and oxygen atoms in total. The molecule has 0 aliphatic carbocycles. The zero-order valence-electron chi connectivity index (χ0n) is 14.4. The SMILES string of the molecule is CCC(CC)C(O)CNC(=O)CCc1cn(C)c2ccccc12. The summed E-state index contributed by atoms with van der Waals surface area (Å²) in [5, 5.41) is 14.1. The first kappa shape index (κ1) is 17.5. The summed E-state index contributed by atoms with van der Waals surface area (Å²) < 4.78 is 2.10. The Morgan fingerprint density at radius 3 is 2.65 bits per heavy atom. The van der Waals surface area contributed by atoms with Gasteiger partial charge in [-0.15, -0.1) is 0 Å². The number of aliphatic hydroxyl groups is 1. The summed E-state index contributed by atoms with van der Waals surface area (Å²) in [5.41, 5.74) is 2.38. The zero-order valence-corrected chi connectivity index (χ0v) is 14.4. The lowest BCUT2D eigenvalue weighted by molar-refractivity contribution is -0.121. The zero-order chi connectivity index (χ0) is 16.8. The van der Waals surface area contributed by atoms with Gasteiger partial charge in [0.15, 0.2) is 0 Å². The Hall–Kier alpha value is -1.81. The Morgan fingerprint density at radius 1 is 1.26 bits per heavy atom. The van der Waals surface area contributed by atoms with Crippen molar-refractivity contribution in [3.05, 3.63) is 36.0 Å². The van der Waals surface area contributed by atoms with Gasteiger partial charge in [0.2, 0.25) is 5.91 Å². The molecule has 1 aromatic heterocycles. The van der Waals surface area contributed by atoms with Gasteiger partial charge in [-0.3, -0.25) is 4.79 Å². The molecule has 2 rings (SSSR count). The van der Waals surface area contributed by atoms with E-state index < -0.39 is 6.10 Å². The topological polar surface area (TPSA) is 54.3 Å². The molecular weight excluding hydrogens is 288 g/mol. The largest absolute Gasteiger partial charge is 0.391 e. The van der Waals surface area contributed by atoms with E-state index in [2.05, 4.69) is 42.1 Å². The fourth-order valence-corrected chi connectivity index (χ4v) is 3.18.